The summed E-state index contributed by atoms with van der Waals surface area (Å²) in [5.74, 6) is 2.07. The van der Waals surface area contributed by atoms with Gasteiger partial charge in [0.2, 0.25) is 0 Å². The van der Waals surface area contributed by atoms with E-state index in [0.717, 1.165) is 11.5 Å². The van der Waals surface area contributed by atoms with Crippen molar-refractivity contribution in [2.75, 3.05) is 11.5 Å². The molecule has 0 saturated heterocycles. The van der Waals surface area contributed by atoms with Gasteiger partial charge in [-0.05, 0) is 32.3 Å². The Morgan fingerprint density at radius 3 is 0.960 bits per heavy atom. The van der Waals surface area contributed by atoms with Crippen molar-refractivity contribution >= 4 is 44.1 Å². The zero-order valence-electron chi connectivity index (χ0n) is 14.3. The Hall–Kier alpha value is -2.51. The molecule has 0 heterocycles. The molecule has 0 nitrogen and oxygen atoms in total. The first-order valence-electron chi connectivity index (χ1n) is 8.44. The first kappa shape index (κ1) is 17.3. The SMILES string of the molecule is C=CCSCC=C.c1ccc2c(c1)c1ccccc1c1ccccc21. The van der Waals surface area contributed by atoms with Crippen LogP contribution in [0.25, 0.3) is 32.3 Å². The quantitative estimate of drug-likeness (QED) is 0.214. The summed E-state index contributed by atoms with van der Waals surface area (Å²) in [6.45, 7) is 7.15. The molecule has 0 atom stereocenters. The molecule has 0 aromatic heterocycles. The highest BCUT2D eigenvalue weighted by molar-refractivity contribution is 7.99. The predicted molar refractivity (Wildman–Crippen MR) is 117 cm³/mol. The fraction of sp³-hybridized carbons (Fsp3) is 0.0833. The smallest absolute Gasteiger partial charge is 0.0113 e. The van der Waals surface area contributed by atoms with Crippen LogP contribution in [0.3, 0.4) is 0 Å². The Bertz CT molecular complexity index is 785. The van der Waals surface area contributed by atoms with Crippen molar-refractivity contribution in [1.29, 1.82) is 0 Å². The van der Waals surface area contributed by atoms with Crippen LogP contribution in [-0.2, 0) is 0 Å². The van der Waals surface area contributed by atoms with E-state index < -0.39 is 0 Å². The Labute approximate surface area is 153 Å². The van der Waals surface area contributed by atoms with Gasteiger partial charge < -0.3 is 0 Å². The van der Waals surface area contributed by atoms with E-state index in [2.05, 4.69) is 86.0 Å². The Kier molecular flexibility index (Phi) is 5.92. The van der Waals surface area contributed by atoms with Gasteiger partial charge in [-0.25, -0.2) is 0 Å². The van der Waals surface area contributed by atoms with Gasteiger partial charge in [-0.3, -0.25) is 0 Å². The molecule has 0 fully saturated rings. The van der Waals surface area contributed by atoms with Gasteiger partial charge in [0.15, 0.2) is 0 Å². The topological polar surface area (TPSA) is 0 Å². The van der Waals surface area contributed by atoms with Crippen molar-refractivity contribution in [2.24, 2.45) is 0 Å². The Morgan fingerprint density at radius 1 is 0.520 bits per heavy atom. The van der Waals surface area contributed by atoms with E-state index >= 15 is 0 Å². The average molecular weight is 343 g/mol. The first-order chi connectivity index (χ1) is 12.4. The number of hydrogen-bond acceptors (Lipinski definition) is 1. The van der Waals surface area contributed by atoms with Gasteiger partial charge >= 0.3 is 0 Å². The summed E-state index contributed by atoms with van der Waals surface area (Å²) in [7, 11) is 0. The Balaban J connectivity index is 0.000000225. The van der Waals surface area contributed by atoms with Gasteiger partial charge in [-0.1, -0.05) is 84.9 Å². The lowest BCUT2D eigenvalue weighted by atomic mass is 9.95. The van der Waals surface area contributed by atoms with E-state index in [9.17, 15) is 0 Å². The fourth-order valence-electron chi connectivity index (χ4n) is 3.09. The highest BCUT2D eigenvalue weighted by atomic mass is 32.2. The van der Waals surface area contributed by atoms with E-state index in [0.29, 0.717) is 0 Å². The summed E-state index contributed by atoms with van der Waals surface area (Å²) >= 11 is 1.82. The Morgan fingerprint density at radius 2 is 0.760 bits per heavy atom. The normalized spacial score (nSPS) is 10.4. The molecule has 4 rings (SSSR count). The van der Waals surface area contributed by atoms with Crippen LogP contribution in [0.1, 0.15) is 0 Å². The molecule has 0 radical (unpaired) electrons. The van der Waals surface area contributed by atoms with Crippen molar-refractivity contribution in [1.82, 2.24) is 0 Å². The van der Waals surface area contributed by atoms with Crippen LogP contribution < -0.4 is 0 Å². The van der Waals surface area contributed by atoms with Crippen molar-refractivity contribution in [3.63, 3.8) is 0 Å². The summed E-state index contributed by atoms with van der Waals surface area (Å²) in [6.07, 6.45) is 3.79. The van der Waals surface area contributed by atoms with Gasteiger partial charge in [0.1, 0.15) is 0 Å². The first-order valence-corrected chi connectivity index (χ1v) is 9.60. The molecule has 0 N–H and O–H groups in total. The highest BCUT2D eigenvalue weighted by Crippen LogP contribution is 2.34. The molecule has 0 saturated carbocycles. The van der Waals surface area contributed by atoms with E-state index in [1.807, 2.05) is 23.9 Å². The van der Waals surface area contributed by atoms with E-state index in [4.69, 9.17) is 0 Å². The molecule has 124 valence electrons. The standard InChI is InChI=1S/C18H12.C6H10S/c1-2-8-14-13(7-1)15-9-3-4-11-17(15)18-12-6-5-10-16(14)18;1-3-5-7-6-4-2/h1-12H;3-4H,1-2,5-6H2. The second-order valence-electron chi connectivity index (χ2n) is 5.75. The third kappa shape index (κ3) is 3.78. The van der Waals surface area contributed by atoms with Gasteiger partial charge in [-0.15, -0.1) is 13.2 Å². The van der Waals surface area contributed by atoms with Crippen LogP contribution >= 0.6 is 11.8 Å². The van der Waals surface area contributed by atoms with Crippen LogP contribution in [0.2, 0.25) is 0 Å². The summed E-state index contributed by atoms with van der Waals surface area (Å²) < 4.78 is 0. The van der Waals surface area contributed by atoms with Crippen molar-refractivity contribution in [2.45, 2.75) is 0 Å². The summed E-state index contributed by atoms with van der Waals surface area (Å²) in [5.41, 5.74) is 0. The maximum atomic E-state index is 3.58. The molecule has 4 aromatic carbocycles. The lowest BCUT2D eigenvalue weighted by molar-refractivity contribution is 1.74. The van der Waals surface area contributed by atoms with Crippen molar-refractivity contribution in [3.8, 4) is 0 Å². The van der Waals surface area contributed by atoms with Crippen molar-refractivity contribution in [3.05, 3.63) is 98.1 Å². The minimum Gasteiger partial charge on any atom is -0.154 e. The fourth-order valence-corrected chi connectivity index (χ4v) is 3.56. The highest BCUT2D eigenvalue weighted by Gasteiger charge is 2.06. The number of benzene rings is 4. The average Bonchev–Trinajstić information content (AvgIpc) is 2.69. The molecule has 0 unspecified atom stereocenters. The zero-order valence-corrected chi connectivity index (χ0v) is 15.1. The molecule has 0 amide bonds. The van der Waals surface area contributed by atoms with E-state index in [1.165, 1.54) is 32.3 Å². The summed E-state index contributed by atoms with van der Waals surface area (Å²) in [5, 5.41) is 8.04. The zero-order chi connectivity index (χ0) is 17.5. The van der Waals surface area contributed by atoms with Crippen LogP contribution in [-0.4, -0.2) is 11.5 Å². The molecule has 0 spiro atoms. The van der Waals surface area contributed by atoms with Crippen molar-refractivity contribution < 1.29 is 0 Å². The molecular weight excluding hydrogens is 320 g/mol. The lowest BCUT2D eigenvalue weighted by Gasteiger charge is -2.09. The number of thioether (sulfide) groups is 1. The van der Waals surface area contributed by atoms with Gasteiger partial charge in [-0.2, -0.15) is 11.8 Å². The molecule has 4 aromatic rings. The number of fused-ring (bicyclic) bond motifs is 6. The van der Waals surface area contributed by atoms with Crippen LogP contribution in [0.15, 0.2) is 98.1 Å². The van der Waals surface area contributed by atoms with Gasteiger partial charge in [0, 0.05) is 11.5 Å². The van der Waals surface area contributed by atoms with E-state index in [1.54, 1.807) is 0 Å². The summed E-state index contributed by atoms with van der Waals surface area (Å²) in [4.78, 5) is 0. The maximum Gasteiger partial charge on any atom is 0.0113 e. The van der Waals surface area contributed by atoms with Gasteiger partial charge in [0.25, 0.3) is 0 Å². The molecule has 0 bridgehead atoms. The minimum absolute atomic E-state index is 1.03. The second-order valence-corrected chi connectivity index (χ2v) is 6.83. The second kappa shape index (κ2) is 8.55. The largest absolute Gasteiger partial charge is 0.154 e. The summed E-state index contributed by atoms with van der Waals surface area (Å²) in [6, 6.07) is 26.0. The predicted octanol–water partition coefficient (Wildman–Crippen LogP) is 7.24. The molecule has 0 aliphatic heterocycles. The third-order valence-electron chi connectivity index (χ3n) is 4.12. The number of hydrogen-bond donors (Lipinski definition) is 0. The monoisotopic (exact) mass is 342 g/mol. The minimum atomic E-state index is 1.03. The van der Waals surface area contributed by atoms with Gasteiger partial charge in [0.05, 0.1) is 0 Å². The third-order valence-corrected chi connectivity index (χ3v) is 5.07. The molecule has 1 heteroatoms. The molecular formula is C24H22S. The van der Waals surface area contributed by atoms with E-state index in [-0.39, 0.29) is 0 Å². The lowest BCUT2D eigenvalue weighted by Crippen LogP contribution is -1.81. The van der Waals surface area contributed by atoms with Crippen LogP contribution in [0, 0.1) is 0 Å². The number of rotatable bonds is 4. The molecule has 0 aliphatic carbocycles. The van der Waals surface area contributed by atoms with Crippen LogP contribution in [0.5, 0.6) is 0 Å². The van der Waals surface area contributed by atoms with Crippen LogP contribution in [0.4, 0.5) is 0 Å². The molecule has 0 aliphatic rings. The molecule has 25 heavy (non-hydrogen) atoms. The maximum absolute atomic E-state index is 3.58.